The lowest BCUT2D eigenvalue weighted by molar-refractivity contribution is -0.175. The predicted molar refractivity (Wildman–Crippen MR) is 249 cm³/mol. The zero-order chi connectivity index (χ0) is 45.3. The molecule has 6 aliphatic rings. The number of fused-ring (bicyclic) bond motifs is 1. The lowest BCUT2D eigenvalue weighted by Crippen LogP contribution is -2.75. The van der Waals surface area contributed by atoms with Gasteiger partial charge in [-0.1, -0.05) is 45.4 Å². The van der Waals surface area contributed by atoms with Crippen LogP contribution < -0.4 is 30.3 Å². The largest absolute Gasteiger partial charge is 0.489 e. The van der Waals surface area contributed by atoms with Crippen molar-refractivity contribution in [2.24, 2.45) is 34.5 Å². The van der Waals surface area contributed by atoms with Crippen molar-refractivity contribution in [3.63, 3.8) is 0 Å². The molecule has 12 nitrogen and oxygen atoms in total. The van der Waals surface area contributed by atoms with Crippen molar-refractivity contribution in [2.45, 2.75) is 97.2 Å². The number of nitriles is 1. The van der Waals surface area contributed by atoms with E-state index in [1.165, 1.54) is 12.1 Å². The number of likely N-dealkylation sites (N-methyl/N-ethyl adjacent to an activating group) is 1. The van der Waals surface area contributed by atoms with Crippen LogP contribution in [0.15, 0.2) is 66.9 Å². The number of piperidine rings is 1. The number of halogens is 1. The molecule has 5 fully saturated rings. The van der Waals surface area contributed by atoms with Gasteiger partial charge in [-0.25, -0.2) is 0 Å². The molecule has 5 heterocycles. The fourth-order valence-corrected chi connectivity index (χ4v) is 12.1. The van der Waals surface area contributed by atoms with Crippen LogP contribution in [0.25, 0.3) is 5.57 Å². The summed E-state index contributed by atoms with van der Waals surface area (Å²) in [5, 5.41) is 31.0. The monoisotopic (exact) mass is 889 g/mol. The van der Waals surface area contributed by atoms with E-state index in [1.54, 1.807) is 44.0 Å². The Balaban J connectivity index is 0.715. The van der Waals surface area contributed by atoms with Gasteiger partial charge in [-0.3, -0.25) is 14.5 Å². The maximum absolute atomic E-state index is 13.6. The summed E-state index contributed by atoms with van der Waals surface area (Å²) < 4.78 is 13.0. The van der Waals surface area contributed by atoms with E-state index in [9.17, 15) is 20.0 Å². The normalized spacial score (nSPS) is 27.9. The van der Waals surface area contributed by atoms with Crippen LogP contribution >= 0.6 is 11.6 Å². The van der Waals surface area contributed by atoms with Gasteiger partial charge >= 0.3 is 0 Å². The second kappa shape index (κ2) is 17.0. The Labute approximate surface area is 383 Å². The number of ether oxygens (including phenoxy) is 2. The molecule has 4 unspecified atom stereocenters. The molecular weight excluding hydrogens is 826 g/mol. The summed E-state index contributed by atoms with van der Waals surface area (Å²) in [5.41, 5.74) is 2.76. The van der Waals surface area contributed by atoms with E-state index in [0.29, 0.717) is 46.6 Å². The molecule has 64 heavy (non-hydrogen) atoms. The number of benzene rings is 3. The van der Waals surface area contributed by atoms with Crippen LogP contribution in [0.5, 0.6) is 17.2 Å². The van der Waals surface area contributed by atoms with Crippen molar-refractivity contribution in [3.8, 4) is 23.3 Å². The number of carbonyl (C=O) groups is 2. The first-order chi connectivity index (χ1) is 30.4. The van der Waals surface area contributed by atoms with Gasteiger partial charge in [-0.15, -0.1) is 0 Å². The molecule has 0 radical (unpaired) electrons. The Morgan fingerprint density at radius 1 is 0.953 bits per heavy atom. The second-order valence-electron chi connectivity index (χ2n) is 21.1. The van der Waals surface area contributed by atoms with Crippen molar-refractivity contribution in [1.82, 2.24) is 25.8 Å². The number of anilines is 1. The van der Waals surface area contributed by atoms with Crippen LogP contribution in [0.1, 0.15) is 83.9 Å². The summed E-state index contributed by atoms with van der Waals surface area (Å²) in [6, 6.07) is 21.2. The van der Waals surface area contributed by atoms with E-state index in [0.717, 1.165) is 74.4 Å². The average molecular weight is 891 g/mol. The molecular formula is C51H64ClN7O5. The Kier molecular flexibility index (Phi) is 11.8. The minimum absolute atomic E-state index is 0.0415. The van der Waals surface area contributed by atoms with E-state index >= 15 is 0 Å². The topological polar surface area (TPSA) is 142 Å². The van der Waals surface area contributed by atoms with E-state index in [-0.39, 0.29) is 52.7 Å². The molecule has 0 bridgehead atoms. The quantitative estimate of drug-likeness (QED) is 0.149. The summed E-state index contributed by atoms with van der Waals surface area (Å²) >= 11 is 6.28. The number of nitrogens with one attached hydrogen (secondary N) is 3. The van der Waals surface area contributed by atoms with E-state index in [2.05, 4.69) is 71.6 Å². The molecule has 4 atom stereocenters. The van der Waals surface area contributed by atoms with Gasteiger partial charge in [0.15, 0.2) is 0 Å². The minimum Gasteiger partial charge on any atom is -0.489 e. The summed E-state index contributed by atoms with van der Waals surface area (Å²) in [7, 11) is 1.80. The van der Waals surface area contributed by atoms with Crippen molar-refractivity contribution in [3.05, 3.63) is 88.6 Å². The van der Waals surface area contributed by atoms with Crippen molar-refractivity contribution in [1.29, 1.82) is 5.26 Å². The van der Waals surface area contributed by atoms with Crippen LogP contribution in [-0.4, -0.2) is 97.4 Å². The second-order valence-corrected chi connectivity index (χ2v) is 21.5. The SMILES string of the molecule is CN1C=C(c2cc(C(C)(C)O)ccc2Oc2ccc(N3CC(CC4CN(C5CCC(C(=O)NC6C(C)(C)C(Oc7ccc(C#N)c(Cl)c7)C6(C)C)CN5)C4)C3)cc2)C2CCNC2C1=O. The Bertz CT molecular complexity index is 2320. The third kappa shape index (κ3) is 8.39. The number of carbonyl (C=O) groups excluding carboxylic acids is 2. The van der Waals surface area contributed by atoms with Crippen LogP contribution in [-0.2, 0) is 15.2 Å². The number of hydrogen-bond donors (Lipinski definition) is 4. The first-order valence-electron chi connectivity index (χ1n) is 23.2. The van der Waals surface area contributed by atoms with Gasteiger partial charge in [0, 0.05) is 86.1 Å². The molecule has 9 rings (SSSR count). The predicted octanol–water partition coefficient (Wildman–Crippen LogP) is 7.10. The molecule has 2 amide bonds. The Hall–Kier alpha value is -4.64. The number of aliphatic hydroxyl groups is 1. The molecule has 1 aliphatic carbocycles. The van der Waals surface area contributed by atoms with Crippen LogP contribution in [0.3, 0.4) is 0 Å². The van der Waals surface area contributed by atoms with Gasteiger partial charge in [-0.05, 0) is 118 Å². The van der Waals surface area contributed by atoms with Crippen molar-refractivity contribution < 1.29 is 24.2 Å². The highest BCUT2D eigenvalue weighted by molar-refractivity contribution is 6.31. The lowest BCUT2D eigenvalue weighted by Gasteiger charge is -2.63. The molecule has 3 aromatic rings. The molecule has 4 saturated heterocycles. The van der Waals surface area contributed by atoms with Gasteiger partial charge in [0.2, 0.25) is 11.8 Å². The number of likely N-dealkylation sites (tertiary alicyclic amines) is 1. The molecule has 340 valence electrons. The van der Waals surface area contributed by atoms with E-state index in [4.69, 9.17) is 21.1 Å². The molecule has 0 spiro atoms. The minimum atomic E-state index is -1.02. The average Bonchev–Trinajstić information content (AvgIpc) is 3.73. The maximum atomic E-state index is 13.6. The third-order valence-corrected chi connectivity index (χ3v) is 15.6. The number of amides is 2. The fourth-order valence-electron chi connectivity index (χ4n) is 11.9. The molecule has 4 N–H and O–H groups in total. The Morgan fingerprint density at radius 3 is 2.31 bits per heavy atom. The van der Waals surface area contributed by atoms with E-state index in [1.807, 2.05) is 36.5 Å². The molecule has 13 heteroatoms. The highest BCUT2D eigenvalue weighted by Crippen LogP contribution is 2.56. The molecule has 1 saturated carbocycles. The maximum Gasteiger partial charge on any atom is 0.244 e. The zero-order valence-corrected chi connectivity index (χ0v) is 39.0. The molecule has 0 aromatic heterocycles. The summed E-state index contributed by atoms with van der Waals surface area (Å²) in [5.74, 6) is 3.65. The standard InChI is InChI=1S/C51H64ClN7O5/c1-49(2)47(50(3,4)48(49)64-37-13-8-32(23-53)41(52)22-37)56-45(60)33-9-17-43(55-24-33)59-27-31(28-59)20-30-25-58(26-30)35-11-14-36(15-12-35)63-42-16-10-34(51(5,6)62)21-39(42)40-29-57(7)46(61)44-38(40)18-19-54-44/h8,10-16,21-22,29-31,33,38,43-44,47-48,54-55,62H,9,17-20,24-28H2,1-7H3,(H,56,60). The first kappa shape index (κ1) is 44.6. The van der Waals surface area contributed by atoms with Gasteiger partial charge in [-0.2, -0.15) is 5.26 Å². The number of rotatable bonds is 12. The number of nitrogens with zero attached hydrogens (tertiary/aromatic N) is 4. The molecule has 5 aliphatic heterocycles. The summed E-state index contributed by atoms with van der Waals surface area (Å²) in [6.07, 6.45) is 6.06. The first-order valence-corrected chi connectivity index (χ1v) is 23.5. The number of hydrogen-bond acceptors (Lipinski definition) is 10. The lowest BCUT2D eigenvalue weighted by atomic mass is 9.49. The van der Waals surface area contributed by atoms with Gasteiger partial charge < -0.3 is 40.3 Å². The molecule has 3 aromatic carbocycles. The van der Waals surface area contributed by atoms with Crippen LogP contribution in [0.2, 0.25) is 5.02 Å². The van der Waals surface area contributed by atoms with Crippen molar-refractivity contribution in [2.75, 3.05) is 51.2 Å². The van der Waals surface area contributed by atoms with E-state index < -0.39 is 5.60 Å². The van der Waals surface area contributed by atoms with Gasteiger partial charge in [0.25, 0.3) is 0 Å². The Morgan fingerprint density at radius 2 is 1.66 bits per heavy atom. The van der Waals surface area contributed by atoms with Crippen LogP contribution in [0, 0.1) is 45.8 Å². The highest BCUT2D eigenvalue weighted by atomic mass is 35.5. The van der Waals surface area contributed by atoms with Gasteiger partial charge in [0.05, 0.1) is 34.3 Å². The summed E-state index contributed by atoms with van der Waals surface area (Å²) in [6.45, 7) is 17.9. The fraction of sp³-hybridized carbons (Fsp3) is 0.549. The zero-order valence-electron chi connectivity index (χ0n) is 38.3. The smallest absolute Gasteiger partial charge is 0.244 e. The van der Waals surface area contributed by atoms with Crippen LogP contribution in [0.4, 0.5) is 5.69 Å². The highest BCUT2D eigenvalue weighted by Gasteiger charge is 2.64. The summed E-state index contributed by atoms with van der Waals surface area (Å²) in [4.78, 5) is 33.2. The van der Waals surface area contributed by atoms with Crippen molar-refractivity contribution >= 4 is 34.7 Å². The third-order valence-electron chi connectivity index (χ3n) is 15.2. The van der Waals surface area contributed by atoms with Gasteiger partial charge in [0.1, 0.15) is 29.4 Å².